The number of anilines is 1. The second-order valence-corrected chi connectivity index (χ2v) is 5.03. The third kappa shape index (κ3) is 2.48. The largest absolute Gasteiger partial charge is 0.381 e. The maximum Gasteiger partial charge on any atom is 0.143 e. The molecule has 0 saturated carbocycles. The molecule has 2 rings (SSSR count). The molecule has 1 heterocycles. The molecule has 0 bridgehead atoms. The lowest BCUT2D eigenvalue weighted by molar-refractivity contribution is 0.621. The second-order valence-electron chi connectivity index (χ2n) is 3.81. The summed E-state index contributed by atoms with van der Waals surface area (Å²) in [6.07, 6.45) is 2.15. The maximum atomic E-state index is 13.3. The highest BCUT2D eigenvalue weighted by molar-refractivity contribution is 7.99. The van der Waals surface area contributed by atoms with E-state index in [2.05, 4.69) is 5.32 Å². The molecule has 1 aliphatic heterocycles. The van der Waals surface area contributed by atoms with E-state index in [9.17, 15) is 4.39 Å². The van der Waals surface area contributed by atoms with Gasteiger partial charge in [-0.2, -0.15) is 17.0 Å². The van der Waals surface area contributed by atoms with E-state index in [4.69, 9.17) is 5.26 Å². The van der Waals surface area contributed by atoms with Crippen LogP contribution < -0.4 is 5.32 Å². The molecule has 1 aliphatic rings. The van der Waals surface area contributed by atoms with Crippen molar-refractivity contribution < 1.29 is 4.39 Å². The molecule has 1 aromatic carbocycles. The second kappa shape index (κ2) is 5.22. The zero-order chi connectivity index (χ0) is 11.4. The molecule has 0 aromatic heterocycles. The molecule has 1 N–H and O–H groups in total. The first-order valence-corrected chi connectivity index (χ1v) is 6.49. The van der Waals surface area contributed by atoms with Crippen LogP contribution in [-0.2, 0) is 0 Å². The minimum atomic E-state index is -0.447. The van der Waals surface area contributed by atoms with Crippen molar-refractivity contribution in [2.45, 2.75) is 18.9 Å². The molecule has 0 aliphatic carbocycles. The smallest absolute Gasteiger partial charge is 0.143 e. The molecule has 1 fully saturated rings. The minimum absolute atomic E-state index is 0.126. The number of rotatable bonds is 2. The van der Waals surface area contributed by atoms with Crippen LogP contribution in [0.15, 0.2) is 18.2 Å². The molecule has 0 amide bonds. The van der Waals surface area contributed by atoms with Gasteiger partial charge in [-0.3, -0.25) is 0 Å². The van der Waals surface area contributed by atoms with Gasteiger partial charge in [-0.1, -0.05) is 6.07 Å². The van der Waals surface area contributed by atoms with Gasteiger partial charge >= 0.3 is 0 Å². The van der Waals surface area contributed by atoms with Crippen molar-refractivity contribution >= 4 is 17.4 Å². The normalized spacial score (nSPS) is 16.8. The molecule has 16 heavy (non-hydrogen) atoms. The lowest BCUT2D eigenvalue weighted by Crippen LogP contribution is -2.25. The predicted molar refractivity (Wildman–Crippen MR) is 65.1 cm³/mol. The van der Waals surface area contributed by atoms with Crippen molar-refractivity contribution in [1.29, 1.82) is 5.26 Å². The molecule has 1 aromatic rings. The Labute approximate surface area is 98.8 Å². The van der Waals surface area contributed by atoms with Crippen molar-refractivity contribution in [2.24, 2.45) is 0 Å². The Bertz CT molecular complexity index is 408. The highest BCUT2D eigenvalue weighted by Gasteiger charge is 2.15. The SMILES string of the molecule is N#Cc1c(F)cccc1NC1CCSCC1. The van der Waals surface area contributed by atoms with Crippen LogP contribution in [0.2, 0.25) is 0 Å². The topological polar surface area (TPSA) is 35.8 Å². The maximum absolute atomic E-state index is 13.3. The first-order chi connectivity index (χ1) is 7.81. The molecule has 4 heteroatoms. The standard InChI is InChI=1S/C12H13FN2S/c13-11-2-1-3-12(10(11)8-14)15-9-4-6-16-7-5-9/h1-3,9,15H,4-7H2. The minimum Gasteiger partial charge on any atom is -0.381 e. The van der Waals surface area contributed by atoms with Crippen LogP contribution in [0.4, 0.5) is 10.1 Å². The van der Waals surface area contributed by atoms with Gasteiger partial charge in [-0.05, 0) is 36.5 Å². The molecule has 0 spiro atoms. The van der Waals surface area contributed by atoms with Gasteiger partial charge in [-0.15, -0.1) is 0 Å². The van der Waals surface area contributed by atoms with Gasteiger partial charge in [0.25, 0.3) is 0 Å². The van der Waals surface area contributed by atoms with E-state index in [-0.39, 0.29) is 5.56 Å². The number of nitrogens with one attached hydrogen (secondary N) is 1. The zero-order valence-corrected chi connectivity index (χ0v) is 9.69. The van der Waals surface area contributed by atoms with Gasteiger partial charge in [-0.25, -0.2) is 4.39 Å². The fraction of sp³-hybridized carbons (Fsp3) is 0.417. The van der Waals surface area contributed by atoms with Crippen molar-refractivity contribution in [1.82, 2.24) is 0 Å². The van der Waals surface area contributed by atoms with Gasteiger partial charge in [0.1, 0.15) is 17.4 Å². The van der Waals surface area contributed by atoms with Gasteiger partial charge in [0.15, 0.2) is 0 Å². The van der Waals surface area contributed by atoms with Crippen LogP contribution in [0.3, 0.4) is 0 Å². The Kier molecular flexibility index (Phi) is 3.68. The van der Waals surface area contributed by atoms with Crippen LogP contribution in [0.1, 0.15) is 18.4 Å². The Hall–Kier alpha value is -1.21. The van der Waals surface area contributed by atoms with Gasteiger partial charge in [0.05, 0.1) is 5.69 Å². The molecule has 84 valence electrons. The van der Waals surface area contributed by atoms with Gasteiger partial charge < -0.3 is 5.32 Å². The lowest BCUT2D eigenvalue weighted by Gasteiger charge is -2.24. The fourth-order valence-electron chi connectivity index (χ4n) is 1.82. The molecule has 0 radical (unpaired) electrons. The number of benzene rings is 1. The Balaban J connectivity index is 2.14. The zero-order valence-electron chi connectivity index (χ0n) is 8.87. The van der Waals surface area contributed by atoms with E-state index < -0.39 is 5.82 Å². The van der Waals surface area contributed by atoms with Crippen molar-refractivity contribution in [2.75, 3.05) is 16.8 Å². The number of hydrogen-bond acceptors (Lipinski definition) is 3. The van der Waals surface area contributed by atoms with E-state index in [0.29, 0.717) is 11.7 Å². The number of nitrogens with zero attached hydrogens (tertiary/aromatic N) is 1. The summed E-state index contributed by atoms with van der Waals surface area (Å²) >= 11 is 1.94. The van der Waals surface area contributed by atoms with Crippen molar-refractivity contribution in [3.05, 3.63) is 29.6 Å². The molecule has 2 nitrogen and oxygen atoms in total. The average molecular weight is 236 g/mol. The monoisotopic (exact) mass is 236 g/mol. The molecular formula is C12H13FN2S. The summed E-state index contributed by atoms with van der Waals surface area (Å²) in [5.74, 6) is 1.82. The van der Waals surface area contributed by atoms with Crippen LogP contribution in [0.25, 0.3) is 0 Å². The van der Waals surface area contributed by atoms with E-state index in [1.165, 1.54) is 6.07 Å². The summed E-state index contributed by atoms with van der Waals surface area (Å²) in [6, 6.07) is 7.00. The van der Waals surface area contributed by atoms with Crippen LogP contribution in [-0.4, -0.2) is 17.5 Å². The number of hydrogen-bond donors (Lipinski definition) is 1. The summed E-state index contributed by atoms with van der Waals surface area (Å²) in [6.45, 7) is 0. The third-order valence-electron chi connectivity index (χ3n) is 2.71. The van der Waals surface area contributed by atoms with E-state index in [0.717, 1.165) is 24.3 Å². The van der Waals surface area contributed by atoms with Crippen molar-refractivity contribution in [3.63, 3.8) is 0 Å². The highest BCUT2D eigenvalue weighted by Crippen LogP contribution is 2.24. The first kappa shape index (κ1) is 11.3. The Morgan fingerprint density at radius 2 is 2.12 bits per heavy atom. The van der Waals surface area contributed by atoms with Gasteiger partial charge in [0, 0.05) is 6.04 Å². The van der Waals surface area contributed by atoms with Gasteiger partial charge in [0.2, 0.25) is 0 Å². The number of nitriles is 1. The fourth-order valence-corrected chi connectivity index (χ4v) is 2.93. The average Bonchev–Trinajstić information content (AvgIpc) is 2.31. The first-order valence-electron chi connectivity index (χ1n) is 5.34. The Morgan fingerprint density at radius 1 is 1.38 bits per heavy atom. The van der Waals surface area contributed by atoms with Crippen LogP contribution >= 0.6 is 11.8 Å². The summed E-state index contributed by atoms with van der Waals surface area (Å²) < 4.78 is 13.3. The van der Waals surface area contributed by atoms with E-state index in [1.807, 2.05) is 17.8 Å². The molecule has 0 atom stereocenters. The van der Waals surface area contributed by atoms with E-state index in [1.54, 1.807) is 12.1 Å². The third-order valence-corrected chi connectivity index (χ3v) is 3.76. The molecule has 0 unspecified atom stereocenters. The predicted octanol–water partition coefficient (Wildman–Crippen LogP) is 3.00. The summed E-state index contributed by atoms with van der Waals surface area (Å²) in [5.41, 5.74) is 0.750. The van der Waals surface area contributed by atoms with E-state index >= 15 is 0 Å². The number of halogens is 1. The quantitative estimate of drug-likeness (QED) is 0.857. The van der Waals surface area contributed by atoms with Crippen LogP contribution in [0.5, 0.6) is 0 Å². The summed E-state index contributed by atoms with van der Waals surface area (Å²) in [7, 11) is 0. The lowest BCUT2D eigenvalue weighted by atomic mass is 10.1. The summed E-state index contributed by atoms with van der Waals surface area (Å²) in [4.78, 5) is 0. The molecule has 1 saturated heterocycles. The Morgan fingerprint density at radius 3 is 2.81 bits per heavy atom. The summed E-state index contributed by atoms with van der Waals surface area (Å²) in [5, 5.41) is 12.2. The number of thioether (sulfide) groups is 1. The highest BCUT2D eigenvalue weighted by atomic mass is 32.2. The van der Waals surface area contributed by atoms with Crippen LogP contribution in [0, 0.1) is 17.1 Å². The molecular weight excluding hydrogens is 223 g/mol. The van der Waals surface area contributed by atoms with Crippen molar-refractivity contribution in [3.8, 4) is 6.07 Å².